The third-order valence-electron chi connectivity index (χ3n) is 2.86. The van der Waals surface area contributed by atoms with Gasteiger partial charge in [0, 0.05) is 18.2 Å². The molecule has 0 aliphatic heterocycles. The highest BCUT2D eigenvalue weighted by molar-refractivity contribution is 5.18. The summed E-state index contributed by atoms with van der Waals surface area (Å²) in [5.74, 6) is -0.726. The van der Waals surface area contributed by atoms with E-state index >= 15 is 0 Å². The molecule has 0 unspecified atom stereocenters. The highest BCUT2D eigenvalue weighted by Crippen LogP contribution is 2.11. The minimum atomic E-state index is -0.384. The van der Waals surface area contributed by atoms with Crippen LogP contribution in [0.15, 0.2) is 18.2 Å². The van der Waals surface area contributed by atoms with E-state index < -0.39 is 0 Å². The van der Waals surface area contributed by atoms with Crippen LogP contribution < -0.4 is 5.32 Å². The van der Waals surface area contributed by atoms with Crippen LogP contribution in [-0.2, 0) is 6.54 Å². The molecule has 0 amide bonds. The smallest absolute Gasteiger partial charge is 0.127 e. The molecule has 1 N–H and O–H groups in total. The highest BCUT2D eigenvalue weighted by Gasteiger charge is 2.08. The van der Waals surface area contributed by atoms with Gasteiger partial charge in [-0.1, -0.05) is 26.7 Å². The predicted molar refractivity (Wildman–Crippen MR) is 66.8 cm³/mol. The molecule has 3 heteroatoms. The van der Waals surface area contributed by atoms with Crippen LogP contribution in [0.5, 0.6) is 0 Å². The fraction of sp³-hybridized carbons (Fsp3) is 0.571. The summed E-state index contributed by atoms with van der Waals surface area (Å²) in [6, 6.07) is 3.99. The average Bonchev–Trinajstić information content (AvgIpc) is 2.30. The molecular formula is C14H21F2N. The molecule has 0 saturated carbocycles. The number of rotatable bonds is 7. The van der Waals surface area contributed by atoms with E-state index in [-0.39, 0.29) is 11.6 Å². The van der Waals surface area contributed by atoms with E-state index in [1.807, 2.05) is 0 Å². The Morgan fingerprint density at radius 1 is 1.12 bits per heavy atom. The molecule has 96 valence electrons. The number of hydrogen-bond donors (Lipinski definition) is 1. The van der Waals surface area contributed by atoms with Crippen LogP contribution in [0, 0.1) is 11.6 Å². The summed E-state index contributed by atoms with van der Waals surface area (Å²) in [5, 5.41) is 3.30. The summed E-state index contributed by atoms with van der Waals surface area (Å²) in [5.41, 5.74) is 0.405. The fourth-order valence-corrected chi connectivity index (χ4v) is 1.98. The van der Waals surface area contributed by atoms with Gasteiger partial charge in [0.05, 0.1) is 0 Å². The van der Waals surface area contributed by atoms with Crippen LogP contribution in [0.25, 0.3) is 0 Å². The van der Waals surface area contributed by atoms with E-state index in [0.717, 1.165) is 31.7 Å². The van der Waals surface area contributed by atoms with E-state index in [1.54, 1.807) is 0 Å². The summed E-state index contributed by atoms with van der Waals surface area (Å²) in [6.45, 7) is 4.66. The first-order valence-corrected chi connectivity index (χ1v) is 6.34. The van der Waals surface area contributed by atoms with Crippen molar-refractivity contribution in [3.63, 3.8) is 0 Å². The molecule has 1 aromatic rings. The Hall–Kier alpha value is -0.960. The van der Waals surface area contributed by atoms with Crippen LogP contribution in [0.1, 0.15) is 45.1 Å². The summed E-state index contributed by atoms with van der Waals surface area (Å²) in [6.07, 6.45) is 4.35. The van der Waals surface area contributed by atoms with Crippen LogP contribution in [0.3, 0.4) is 0 Å². The molecule has 0 fully saturated rings. The molecule has 0 aromatic heterocycles. The molecule has 1 aromatic carbocycles. The van der Waals surface area contributed by atoms with Gasteiger partial charge >= 0.3 is 0 Å². The molecule has 0 spiro atoms. The van der Waals surface area contributed by atoms with E-state index in [4.69, 9.17) is 0 Å². The van der Waals surface area contributed by atoms with Crippen LogP contribution >= 0.6 is 0 Å². The molecule has 1 rings (SSSR count). The van der Waals surface area contributed by atoms with Gasteiger partial charge in [0.2, 0.25) is 0 Å². The maximum atomic E-state index is 13.4. The molecule has 17 heavy (non-hydrogen) atoms. The lowest BCUT2D eigenvalue weighted by Crippen LogP contribution is -2.28. The first-order valence-electron chi connectivity index (χ1n) is 6.34. The van der Waals surface area contributed by atoms with E-state index in [1.165, 1.54) is 12.1 Å². The van der Waals surface area contributed by atoms with Crippen LogP contribution in [-0.4, -0.2) is 6.04 Å². The average molecular weight is 241 g/mol. The van der Waals surface area contributed by atoms with Gasteiger partial charge < -0.3 is 5.32 Å². The largest absolute Gasteiger partial charge is 0.310 e. The van der Waals surface area contributed by atoms with Crippen LogP contribution in [0.2, 0.25) is 0 Å². The lowest BCUT2D eigenvalue weighted by atomic mass is 10.1. The van der Waals surface area contributed by atoms with Gasteiger partial charge in [0.1, 0.15) is 11.6 Å². The quantitative estimate of drug-likeness (QED) is 0.760. The number of hydrogen-bond acceptors (Lipinski definition) is 1. The second-order valence-electron chi connectivity index (χ2n) is 4.39. The maximum Gasteiger partial charge on any atom is 0.127 e. The highest BCUT2D eigenvalue weighted by atomic mass is 19.1. The van der Waals surface area contributed by atoms with E-state index in [9.17, 15) is 8.78 Å². The van der Waals surface area contributed by atoms with Gasteiger partial charge in [0.15, 0.2) is 0 Å². The van der Waals surface area contributed by atoms with Crippen LogP contribution in [0.4, 0.5) is 8.78 Å². The minimum absolute atomic E-state index is 0.342. The van der Waals surface area contributed by atoms with Crippen molar-refractivity contribution in [3.8, 4) is 0 Å². The lowest BCUT2D eigenvalue weighted by molar-refractivity contribution is 0.436. The van der Waals surface area contributed by atoms with Crippen molar-refractivity contribution in [3.05, 3.63) is 35.4 Å². The van der Waals surface area contributed by atoms with E-state index in [0.29, 0.717) is 18.2 Å². The monoisotopic (exact) mass is 241 g/mol. The molecule has 0 bridgehead atoms. The summed E-state index contributed by atoms with van der Waals surface area (Å²) in [7, 11) is 0. The second-order valence-corrected chi connectivity index (χ2v) is 4.39. The van der Waals surface area contributed by atoms with Gasteiger partial charge in [-0.2, -0.15) is 0 Å². The Bertz CT molecular complexity index is 333. The fourth-order valence-electron chi connectivity index (χ4n) is 1.98. The summed E-state index contributed by atoms with van der Waals surface area (Å²) < 4.78 is 26.4. The van der Waals surface area contributed by atoms with Crippen molar-refractivity contribution < 1.29 is 8.78 Å². The first kappa shape index (κ1) is 14.1. The Balaban J connectivity index is 2.55. The van der Waals surface area contributed by atoms with E-state index in [2.05, 4.69) is 19.2 Å². The molecule has 0 aliphatic carbocycles. The predicted octanol–water partition coefficient (Wildman–Crippen LogP) is 4.02. The van der Waals surface area contributed by atoms with Gasteiger partial charge in [-0.05, 0) is 31.0 Å². The maximum absolute atomic E-state index is 13.4. The second kappa shape index (κ2) is 7.38. The molecular weight excluding hydrogens is 220 g/mol. The van der Waals surface area contributed by atoms with Gasteiger partial charge in [-0.15, -0.1) is 0 Å². The van der Waals surface area contributed by atoms with Crippen molar-refractivity contribution in [2.75, 3.05) is 0 Å². The molecule has 0 aliphatic rings. The Labute approximate surface area is 102 Å². The first-order chi connectivity index (χ1) is 8.17. The van der Waals surface area contributed by atoms with Crippen molar-refractivity contribution >= 4 is 0 Å². The van der Waals surface area contributed by atoms with Crippen molar-refractivity contribution in [1.29, 1.82) is 0 Å². The Kier molecular flexibility index (Phi) is 6.12. The normalized spacial score (nSPS) is 11.1. The third-order valence-corrected chi connectivity index (χ3v) is 2.86. The zero-order valence-corrected chi connectivity index (χ0v) is 10.6. The molecule has 1 nitrogen and oxygen atoms in total. The number of benzene rings is 1. The van der Waals surface area contributed by atoms with Crippen molar-refractivity contribution in [2.45, 2.75) is 52.1 Å². The zero-order chi connectivity index (χ0) is 12.7. The summed E-state index contributed by atoms with van der Waals surface area (Å²) >= 11 is 0. The number of halogens is 2. The molecule has 0 radical (unpaired) electrons. The lowest BCUT2D eigenvalue weighted by Gasteiger charge is -2.17. The number of nitrogens with one attached hydrogen (secondary N) is 1. The molecule has 0 atom stereocenters. The standard InChI is InChI=1S/C14H21F2N/c1-3-5-13(6-4-2)17-10-11-9-12(15)7-8-14(11)16/h7-9,13,17H,3-6,10H2,1-2H3. The van der Waals surface area contributed by atoms with Gasteiger partial charge in [-0.25, -0.2) is 8.78 Å². The Morgan fingerprint density at radius 2 is 1.76 bits per heavy atom. The molecule has 0 saturated heterocycles. The SMILES string of the molecule is CCCC(CCC)NCc1cc(F)ccc1F. The van der Waals surface area contributed by atoms with Crippen molar-refractivity contribution in [2.24, 2.45) is 0 Å². The molecule has 0 heterocycles. The van der Waals surface area contributed by atoms with Gasteiger partial charge in [0.25, 0.3) is 0 Å². The topological polar surface area (TPSA) is 12.0 Å². The van der Waals surface area contributed by atoms with Crippen molar-refractivity contribution in [1.82, 2.24) is 5.32 Å². The third kappa shape index (κ3) is 4.82. The zero-order valence-electron chi connectivity index (χ0n) is 10.6. The Morgan fingerprint density at radius 3 is 2.35 bits per heavy atom. The van der Waals surface area contributed by atoms with Gasteiger partial charge in [-0.3, -0.25) is 0 Å². The summed E-state index contributed by atoms with van der Waals surface area (Å²) in [4.78, 5) is 0. The minimum Gasteiger partial charge on any atom is -0.310 e.